The van der Waals surface area contributed by atoms with E-state index in [0.29, 0.717) is 23.9 Å². The first-order chi connectivity index (χ1) is 14.6. The number of nitrogens with zero attached hydrogens (tertiary/aromatic N) is 2. The van der Waals surface area contributed by atoms with Gasteiger partial charge in [0.05, 0.1) is 18.8 Å². The molecule has 31 heavy (non-hydrogen) atoms. The lowest BCUT2D eigenvalue weighted by Crippen LogP contribution is -2.40. The van der Waals surface area contributed by atoms with Crippen LogP contribution in [-0.4, -0.2) is 27.3 Å². The Morgan fingerprint density at radius 1 is 1.06 bits per heavy atom. The standard InChI is InChI=1S/C24H27ClN2O4/c1-6-30-22(28)24(4,5)31-21-16(2)13-18(14-17(21)3)15-26-11-12-27(23(26)29)20-9-7-19(25)8-10-20/h7-14H,6,15H2,1-5H3. The lowest BCUT2D eigenvalue weighted by molar-refractivity contribution is -0.158. The molecule has 0 atom stereocenters. The van der Waals surface area contributed by atoms with Crippen LogP contribution in [0.15, 0.2) is 53.6 Å². The van der Waals surface area contributed by atoms with Crippen LogP contribution in [0.3, 0.4) is 0 Å². The number of halogens is 1. The van der Waals surface area contributed by atoms with Gasteiger partial charge in [-0.15, -0.1) is 0 Å². The Hall–Kier alpha value is -2.99. The highest BCUT2D eigenvalue weighted by Crippen LogP contribution is 2.29. The maximum Gasteiger partial charge on any atom is 0.349 e. The average molecular weight is 443 g/mol. The van der Waals surface area contributed by atoms with Crippen LogP contribution >= 0.6 is 11.6 Å². The third kappa shape index (κ3) is 5.02. The molecule has 0 aliphatic carbocycles. The zero-order chi connectivity index (χ0) is 22.8. The van der Waals surface area contributed by atoms with Crippen molar-refractivity contribution in [1.82, 2.24) is 9.13 Å². The Bertz CT molecular complexity index is 1120. The van der Waals surface area contributed by atoms with Crippen LogP contribution in [-0.2, 0) is 16.1 Å². The van der Waals surface area contributed by atoms with Gasteiger partial charge in [-0.3, -0.25) is 9.13 Å². The van der Waals surface area contributed by atoms with E-state index >= 15 is 0 Å². The van der Waals surface area contributed by atoms with Crippen molar-refractivity contribution in [3.05, 3.63) is 81.0 Å². The van der Waals surface area contributed by atoms with Gasteiger partial charge in [0.1, 0.15) is 5.75 Å². The van der Waals surface area contributed by atoms with Crippen molar-refractivity contribution < 1.29 is 14.3 Å². The monoisotopic (exact) mass is 442 g/mol. The highest BCUT2D eigenvalue weighted by atomic mass is 35.5. The molecule has 0 saturated heterocycles. The minimum absolute atomic E-state index is 0.138. The molecule has 0 fully saturated rings. The molecule has 0 saturated carbocycles. The van der Waals surface area contributed by atoms with Crippen molar-refractivity contribution in [2.24, 2.45) is 0 Å². The van der Waals surface area contributed by atoms with E-state index in [-0.39, 0.29) is 5.69 Å². The average Bonchev–Trinajstić information content (AvgIpc) is 3.06. The van der Waals surface area contributed by atoms with E-state index in [2.05, 4.69) is 0 Å². The van der Waals surface area contributed by atoms with Crippen molar-refractivity contribution in [3.8, 4) is 11.4 Å². The fourth-order valence-electron chi connectivity index (χ4n) is 3.42. The Morgan fingerprint density at radius 3 is 2.26 bits per heavy atom. The molecule has 0 N–H and O–H groups in total. The summed E-state index contributed by atoms with van der Waals surface area (Å²) in [6.07, 6.45) is 3.50. The van der Waals surface area contributed by atoms with E-state index in [1.807, 2.05) is 26.0 Å². The zero-order valence-electron chi connectivity index (χ0n) is 18.4. The number of hydrogen-bond donors (Lipinski definition) is 0. The van der Waals surface area contributed by atoms with E-state index in [0.717, 1.165) is 22.4 Å². The molecule has 6 nitrogen and oxygen atoms in total. The minimum atomic E-state index is -1.10. The van der Waals surface area contributed by atoms with Gasteiger partial charge in [0.15, 0.2) is 5.60 Å². The van der Waals surface area contributed by atoms with Gasteiger partial charge in [0, 0.05) is 17.4 Å². The summed E-state index contributed by atoms with van der Waals surface area (Å²) in [5.74, 6) is 0.237. The lowest BCUT2D eigenvalue weighted by Gasteiger charge is -2.26. The number of esters is 1. The number of hydrogen-bond acceptors (Lipinski definition) is 4. The molecule has 1 aromatic heterocycles. The first kappa shape index (κ1) is 22.7. The molecule has 0 aliphatic heterocycles. The van der Waals surface area contributed by atoms with Gasteiger partial charge in [-0.05, 0) is 75.6 Å². The van der Waals surface area contributed by atoms with Gasteiger partial charge in [-0.1, -0.05) is 23.7 Å². The van der Waals surface area contributed by atoms with Crippen LogP contribution in [0.2, 0.25) is 5.02 Å². The molecule has 0 bridgehead atoms. The molecule has 3 rings (SSSR count). The summed E-state index contributed by atoms with van der Waals surface area (Å²) in [6.45, 7) is 9.72. The number of carbonyl (C=O) groups is 1. The summed E-state index contributed by atoms with van der Waals surface area (Å²) in [5.41, 5.74) is 2.26. The first-order valence-corrected chi connectivity index (χ1v) is 10.5. The predicted octanol–water partition coefficient (Wildman–Crippen LogP) is 4.68. The summed E-state index contributed by atoms with van der Waals surface area (Å²) >= 11 is 5.94. The Morgan fingerprint density at radius 2 is 1.68 bits per heavy atom. The fraction of sp³-hybridized carbons (Fsp3) is 0.333. The summed E-state index contributed by atoms with van der Waals surface area (Å²) in [7, 11) is 0. The smallest absolute Gasteiger partial charge is 0.349 e. The van der Waals surface area contributed by atoms with Crippen molar-refractivity contribution >= 4 is 17.6 Å². The van der Waals surface area contributed by atoms with Crippen LogP contribution in [0.25, 0.3) is 5.69 Å². The predicted molar refractivity (Wildman–Crippen MR) is 121 cm³/mol. The normalized spacial score (nSPS) is 11.4. The molecule has 7 heteroatoms. The van der Waals surface area contributed by atoms with Gasteiger partial charge in [0.2, 0.25) is 0 Å². The fourth-order valence-corrected chi connectivity index (χ4v) is 3.55. The summed E-state index contributed by atoms with van der Waals surface area (Å²) in [6, 6.07) is 11.1. The molecule has 1 heterocycles. The van der Waals surface area contributed by atoms with Crippen LogP contribution in [0.5, 0.6) is 5.75 Å². The van der Waals surface area contributed by atoms with Crippen molar-refractivity contribution in [1.29, 1.82) is 0 Å². The molecule has 0 amide bonds. The minimum Gasteiger partial charge on any atom is -0.476 e. The molecular weight excluding hydrogens is 416 g/mol. The summed E-state index contributed by atoms with van der Waals surface area (Å²) < 4.78 is 14.4. The van der Waals surface area contributed by atoms with Crippen LogP contribution in [0, 0.1) is 13.8 Å². The number of aryl methyl sites for hydroxylation is 2. The second-order valence-corrected chi connectivity index (χ2v) is 8.38. The maximum atomic E-state index is 12.8. The number of imidazole rings is 1. The van der Waals surface area contributed by atoms with Crippen molar-refractivity contribution in [2.75, 3.05) is 6.61 Å². The third-order valence-electron chi connectivity index (χ3n) is 4.95. The SMILES string of the molecule is CCOC(=O)C(C)(C)Oc1c(C)cc(Cn2ccn(-c3ccc(Cl)cc3)c2=O)cc1C. The number of rotatable bonds is 7. The molecular formula is C24H27ClN2O4. The molecule has 0 spiro atoms. The number of benzene rings is 2. The van der Waals surface area contributed by atoms with E-state index in [4.69, 9.17) is 21.1 Å². The van der Waals surface area contributed by atoms with Gasteiger partial charge >= 0.3 is 11.7 Å². The molecule has 0 radical (unpaired) electrons. The maximum absolute atomic E-state index is 12.8. The topological polar surface area (TPSA) is 62.5 Å². The second-order valence-electron chi connectivity index (χ2n) is 7.95. The molecule has 2 aromatic carbocycles. The first-order valence-electron chi connectivity index (χ1n) is 10.1. The second kappa shape index (κ2) is 9.02. The third-order valence-corrected chi connectivity index (χ3v) is 5.20. The zero-order valence-corrected chi connectivity index (χ0v) is 19.2. The van der Waals surface area contributed by atoms with E-state index < -0.39 is 11.6 Å². The van der Waals surface area contributed by atoms with Gasteiger partial charge in [-0.25, -0.2) is 9.59 Å². The lowest BCUT2D eigenvalue weighted by atomic mass is 10.0. The Kier molecular flexibility index (Phi) is 6.60. The van der Waals surface area contributed by atoms with Crippen LogP contribution < -0.4 is 10.4 Å². The van der Waals surface area contributed by atoms with Gasteiger partial charge in [0.25, 0.3) is 0 Å². The molecule has 0 unspecified atom stereocenters. The van der Waals surface area contributed by atoms with Gasteiger partial charge < -0.3 is 9.47 Å². The quantitative estimate of drug-likeness (QED) is 0.498. The van der Waals surface area contributed by atoms with Crippen molar-refractivity contribution in [3.63, 3.8) is 0 Å². The number of ether oxygens (including phenoxy) is 2. The van der Waals surface area contributed by atoms with E-state index in [1.165, 1.54) is 0 Å². The highest BCUT2D eigenvalue weighted by Gasteiger charge is 2.32. The summed E-state index contributed by atoms with van der Waals surface area (Å²) in [5, 5.41) is 0.621. The highest BCUT2D eigenvalue weighted by molar-refractivity contribution is 6.30. The number of aromatic nitrogens is 2. The van der Waals surface area contributed by atoms with E-state index in [1.54, 1.807) is 66.6 Å². The Labute approximate surface area is 187 Å². The number of carbonyl (C=O) groups excluding carboxylic acids is 1. The summed E-state index contributed by atoms with van der Waals surface area (Å²) in [4.78, 5) is 25.0. The molecule has 164 valence electrons. The van der Waals surface area contributed by atoms with Crippen LogP contribution in [0.4, 0.5) is 0 Å². The molecule has 0 aliphatic rings. The van der Waals surface area contributed by atoms with Crippen LogP contribution in [0.1, 0.15) is 37.5 Å². The molecule has 3 aromatic rings. The van der Waals surface area contributed by atoms with E-state index in [9.17, 15) is 9.59 Å². The van der Waals surface area contributed by atoms with Gasteiger partial charge in [-0.2, -0.15) is 0 Å². The largest absolute Gasteiger partial charge is 0.476 e. The van der Waals surface area contributed by atoms with Crippen molar-refractivity contribution in [2.45, 2.75) is 46.8 Å². The Balaban J connectivity index is 1.84.